The van der Waals surface area contributed by atoms with Crippen LogP contribution in [-0.4, -0.2) is 35.2 Å². The Kier molecular flexibility index (Phi) is 6.03. The first-order valence-corrected chi connectivity index (χ1v) is 5.39. The molecule has 0 aromatic rings. The summed E-state index contributed by atoms with van der Waals surface area (Å²) in [7, 11) is 0. The normalized spacial score (nSPS) is 13.2. The van der Waals surface area contributed by atoms with E-state index in [1.165, 1.54) is 0 Å². The SMILES string of the molecule is CCC(CC(=O)O)NC(=O)COC(C)(C)C. The lowest BCUT2D eigenvalue weighted by molar-refractivity contribution is -0.138. The van der Waals surface area contributed by atoms with Crippen LogP contribution in [0.5, 0.6) is 0 Å². The molecule has 0 aromatic carbocycles. The summed E-state index contributed by atoms with van der Waals surface area (Å²) in [6, 6.07) is -0.325. The van der Waals surface area contributed by atoms with Crippen LogP contribution < -0.4 is 5.32 Å². The average molecular weight is 231 g/mol. The minimum atomic E-state index is -0.913. The van der Waals surface area contributed by atoms with Crippen molar-refractivity contribution in [3.05, 3.63) is 0 Å². The van der Waals surface area contributed by atoms with E-state index < -0.39 is 5.97 Å². The van der Waals surface area contributed by atoms with Crippen LogP contribution in [0.4, 0.5) is 0 Å². The third-order valence-corrected chi connectivity index (χ3v) is 1.92. The minimum Gasteiger partial charge on any atom is -0.481 e. The van der Waals surface area contributed by atoms with E-state index in [0.29, 0.717) is 6.42 Å². The second-order valence-electron chi connectivity index (χ2n) is 4.67. The maximum Gasteiger partial charge on any atom is 0.305 e. The van der Waals surface area contributed by atoms with Gasteiger partial charge < -0.3 is 15.2 Å². The van der Waals surface area contributed by atoms with Crippen molar-refractivity contribution in [2.45, 2.75) is 52.2 Å². The molecule has 94 valence electrons. The molecule has 16 heavy (non-hydrogen) atoms. The Morgan fingerprint density at radius 2 is 1.94 bits per heavy atom. The molecule has 0 aromatic heterocycles. The van der Waals surface area contributed by atoms with Gasteiger partial charge >= 0.3 is 5.97 Å². The number of carbonyl (C=O) groups is 2. The molecule has 0 spiro atoms. The molecule has 0 fully saturated rings. The predicted octanol–water partition coefficient (Wildman–Crippen LogP) is 1.17. The number of amides is 1. The summed E-state index contributed by atoms with van der Waals surface area (Å²) >= 11 is 0. The zero-order valence-electron chi connectivity index (χ0n) is 10.4. The number of carboxylic acids is 1. The molecule has 0 heterocycles. The van der Waals surface area contributed by atoms with E-state index in [0.717, 1.165) is 0 Å². The van der Waals surface area contributed by atoms with Gasteiger partial charge in [0.15, 0.2) is 0 Å². The number of hydrogen-bond acceptors (Lipinski definition) is 3. The van der Waals surface area contributed by atoms with Crippen LogP contribution in [0.15, 0.2) is 0 Å². The Morgan fingerprint density at radius 1 is 1.38 bits per heavy atom. The second kappa shape index (κ2) is 6.48. The summed E-state index contributed by atoms with van der Waals surface area (Å²) in [5.41, 5.74) is -0.369. The smallest absolute Gasteiger partial charge is 0.305 e. The molecule has 0 bridgehead atoms. The third kappa shape index (κ3) is 8.23. The third-order valence-electron chi connectivity index (χ3n) is 1.92. The van der Waals surface area contributed by atoms with Gasteiger partial charge in [0.1, 0.15) is 6.61 Å². The molecule has 5 heteroatoms. The van der Waals surface area contributed by atoms with E-state index >= 15 is 0 Å². The highest BCUT2D eigenvalue weighted by Gasteiger charge is 2.16. The summed E-state index contributed by atoms with van der Waals surface area (Å²) in [5, 5.41) is 11.2. The van der Waals surface area contributed by atoms with Crippen LogP contribution in [0.1, 0.15) is 40.5 Å². The lowest BCUT2D eigenvalue weighted by Gasteiger charge is -2.20. The van der Waals surface area contributed by atoms with E-state index in [-0.39, 0.29) is 30.6 Å². The fraction of sp³-hybridized carbons (Fsp3) is 0.818. The van der Waals surface area contributed by atoms with Gasteiger partial charge in [0.05, 0.1) is 12.0 Å². The number of aliphatic carboxylic acids is 1. The number of ether oxygens (including phenoxy) is 1. The molecule has 0 saturated carbocycles. The zero-order chi connectivity index (χ0) is 12.8. The molecule has 2 N–H and O–H groups in total. The molecule has 1 amide bonds. The van der Waals surface area contributed by atoms with Crippen molar-refractivity contribution in [1.82, 2.24) is 5.32 Å². The van der Waals surface area contributed by atoms with Gasteiger partial charge in [-0.15, -0.1) is 0 Å². The fourth-order valence-electron chi connectivity index (χ4n) is 1.06. The average Bonchev–Trinajstić information content (AvgIpc) is 2.12. The summed E-state index contributed by atoms with van der Waals surface area (Å²) in [6.07, 6.45) is 0.533. The summed E-state index contributed by atoms with van der Waals surface area (Å²) in [4.78, 5) is 21.9. The summed E-state index contributed by atoms with van der Waals surface area (Å²) in [6.45, 7) is 7.36. The monoisotopic (exact) mass is 231 g/mol. The second-order valence-corrected chi connectivity index (χ2v) is 4.67. The largest absolute Gasteiger partial charge is 0.481 e. The van der Waals surface area contributed by atoms with Crippen molar-refractivity contribution < 1.29 is 19.4 Å². The topological polar surface area (TPSA) is 75.6 Å². The standard InChI is InChI=1S/C11H21NO4/c1-5-8(6-10(14)15)12-9(13)7-16-11(2,3)4/h8H,5-7H2,1-4H3,(H,12,13)(H,14,15). The molecule has 5 nitrogen and oxygen atoms in total. The highest BCUT2D eigenvalue weighted by molar-refractivity contribution is 5.78. The number of carbonyl (C=O) groups excluding carboxylic acids is 1. The van der Waals surface area contributed by atoms with Crippen LogP contribution in [0.2, 0.25) is 0 Å². The number of rotatable bonds is 6. The van der Waals surface area contributed by atoms with Gasteiger partial charge in [-0.1, -0.05) is 6.92 Å². The van der Waals surface area contributed by atoms with Crippen molar-refractivity contribution in [2.24, 2.45) is 0 Å². The molecule has 0 rings (SSSR count). The van der Waals surface area contributed by atoms with E-state index in [9.17, 15) is 9.59 Å². The number of hydrogen-bond donors (Lipinski definition) is 2. The number of carboxylic acid groups (broad SMARTS) is 1. The van der Waals surface area contributed by atoms with Gasteiger partial charge in [0, 0.05) is 6.04 Å². The van der Waals surface area contributed by atoms with E-state index in [4.69, 9.17) is 9.84 Å². The minimum absolute atomic E-state index is 0.0420. The lowest BCUT2D eigenvalue weighted by atomic mass is 10.1. The quantitative estimate of drug-likeness (QED) is 0.719. The van der Waals surface area contributed by atoms with Crippen LogP contribution in [0, 0.1) is 0 Å². The first-order chi connectivity index (χ1) is 7.24. The van der Waals surface area contributed by atoms with Crippen LogP contribution in [0.3, 0.4) is 0 Å². The molecule has 0 saturated heterocycles. The van der Waals surface area contributed by atoms with Gasteiger partial charge in [-0.2, -0.15) is 0 Å². The van der Waals surface area contributed by atoms with Gasteiger partial charge in [-0.05, 0) is 27.2 Å². The Balaban J connectivity index is 3.97. The Morgan fingerprint density at radius 3 is 2.31 bits per heavy atom. The van der Waals surface area contributed by atoms with Crippen molar-refractivity contribution in [1.29, 1.82) is 0 Å². The molecule has 1 atom stereocenters. The highest BCUT2D eigenvalue weighted by atomic mass is 16.5. The van der Waals surface area contributed by atoms with Crippen LogP contribution >= 0.6 is 0 Å². The Hall–Kier alpha value is -1.10. The maximum atomic E-state index is 11.4. The van der Waals surface area contributed by atoms with Crippen LogP contribution in [0.25, 0.3) is 0 Å². The lowest BCUT2D eigenvalue weighted by Crippen LogP contribution is -2.39. The number of nitrogens with one attached hydrogen (secondary N) is 1. The Bertz CT molecular complexity index is 245. The van der Waals surface area contributed by atoms with Crippen molar-refractivity contribution >= 4 is 11.9 Å². The van der Waals surface area contributed by atoms with Crippen molar-refractivity contribution in [3.63, 3.8) is 0 Å². The molecule has 1 unspecified atom stereocenters. The molecule has 0 aliphatic heterocycles. The Labute approximate surface area is 96.2 Å². The molecule has 0 aliphatic rings. The highest BCUT2D eigenvalue weighted by Crippen LogP contribution is 2.06. The zero-order valence-corrected chi connectivity index (χ0v) is 10.4. The molecule has 0 radical (unpaired) electrons. The maximum absolute atomic E-state index is 11.4. The summed E-state index contributed by atoms with van der Waals surface area (Å²) in [5.74, 6) is -1.19. The van der Waals surface area contributed by atoms with E-state index in [1.807, 2.05) is 27.7 Å². The van der Waals surface area contributed by atoms with Crippen molar-refractivity contribution in [3.8, 4) is 0 Å². The van der Waals surface area contributed by atoms with Gasteiger partial charge in [-0.3, -0.25) is 9.59 Å². The van der Waals surface area contributed by atoms with Crippen molar-refractivity contribution in [2.75, 3.05) is 6.61 Å². The summed E-state index contributed by atoms with van der Waals surface area (Å²) < 4.78 is 5.28. The molecular weight excluding hydrogens is 210 g/mol. The molecule has 0 aliphatic carbocycles. The van der Waals surface area contributed by atoms with E-state index in [2.05, 4.69) is 5.32 Å². The van der Waals surface area contributed by atoms with Crippen LogP contribution in [-0.2, 0) is 14.3 Å². The fourth-order valence-corrected chi connectivity index (χ4v) is 1.06. The van der Waals surface area contributed by atoms with Gasteiger partial charge in [-0.25, -0.2) is 0 Å². The molecular formula is C11H21NO4. The predicted molar refractivity (Wildman–Crippen MR) is 60.2 cm³/mol. The first kappa shape index (κ1) is 14.9. The van der Waals surface area contributed by atoms with E-state index in [1.54, 1.807) is 0 Å². The van der Waals surface area contributed by atoms with Gasteiger partial charge in [0.2, 0.25) is 5.91 Å². The van der Waals surface area contributed by atoms with Gasteiger partial charge in [0.25, 0.3) is 0 Å². The first-order valence-electron chi connectivity index (χ1n) is 5.39.